The van der Waals surface area contributed by atoms with E-state index in [0.29, 0.717) is 5.69 Å². The van der Waals surface area contributed by atoms with Gasteiger partial charge in [-0.25, -0.2) is 4.98 Å². The molecule has 2 heterocycles. The average Bonchev–Trinajstić information content (AvgIpc) is 2.96. The number of aldehydes is 1. The highest BCUT2D eigenvalue weighted by molar-refractivity contribution is 7.98. The number of thioether (sulfide) groups is 1. The Hall–Kier alpha value is -1.59. The summed E-state index contributed by atoms with van der Waals surface area (Å²) in [5.74, 6) is 0.827. The lowest BCUT2D eigenvalue weighted by Crippen LogP contribution is -1.89. The standard InChI is InChI=1S/C14H12N2OS2/c1-10-3-2-4-11(7-10)9-19-13-12(8-17)16-5-6-18-14(16)15-13/h2-8H,9H2,1H3. The van der Waals surface area contributed by atoms with Gasteiger partial charge in [-0.2, -0.15) is 0 Å². The van der Waals surface area contributed by atoms with Crippen LogP contribution in [0.3, 0.4) is 0 Å². The number of carbonyl (C=O) groups is 1. The van der Waals surface area contributed by atoms with E-state index in [4.69, 9.17) is 0 Å². The average molecular weight is 288 g/mol. The van der Waals surface area contributed by atoms with Gasteiger partial charge < -0.3 is 0 Å². The number of fused-ring (bicyclic) bond motifs is 1. The SMILES string of the molecule is Cc1cccc(CSc2nc3sccn3c2C=O)c1. The molecule has 19 heavy (non-hydrogen) atoms. The van der Waals surface area contributed by atoms with Crippen molar-refractivity contribution in [3.05, 3.63) is 52.7 Å². The second kappa shape index (κ2) is 5.19. The molecule has 0 spiro atoms. The monoisotopic (exact) mass is 288 g/mol. The summed E-state index contributed by atoms with van der Waals surface area (Å²) in [7, 11) is 0. The van der Waals surface area contributed by atoms with Crippen molar-refractivity contribution < 1.29 is 4.79 Å². The van der Waals surface area contributed by atoms with Crippen molar-refractivity contribution in [1.29, 1.82) is 0 Å². The van der Waals surface area contributed by atoms with Crippen molar-refractivity contribution >= 4 is 34.3 Å². The van der Waals surface area contributed by atoms with E-state index in [1.54, 1.807) is 23.1 Å². The van der Waals surface area contributed by atoms with Gasteiger partial charge in [-0.3, -0.25) is 9.20 Å². The van der Waals surface area contributed by atoms with Crippen LogP contribution in [-0.4, -0.2) is 15.7 Å². The fourth-order valence-electron chi connectivity index (χ4n) is 1.95. The number of rotatable bonds is 4. The second-order valence-electron chi connectivity index (χ2n) is 4.25. The highest BCUT2D eigenvalue weighted by atomic mass is 32.2. The minimum atomic E-state index is 0.647. The first-order chi connectivity index (χ1) is 9.28. The Morgan fingerprint density at radius 3 is 3.16 bits per heavy atom. The molecule has 0 unspecified atom stereocenters. The number of benzene rings is 1. The van der Waals surface area contributed by atoms with Crippen LogP contribution in [0.15, 0.2) is 40.9 Å². The third-order valence-electron chi connectivity index (χ3n) is 2.83. The highest BCUT2D eigenvalue weighted by Gasteiger charge is 2.12. The Kier molecular flexibility index (Phi) is 3.40. The largest absolute Gasteiger partial charge is 0.296 e. The third kappa shape index (κ3) is 2.43. The number of carbonyl (C=O) groups excluding carboxylic acids is 1. The molecule has 0 amide bonds. The Morgan fingerprint density at radius 2 is 2.37 bits per heavy atom. The summed E-state index contributed by atoms with van der Waals surface area (Å²) < 4.78 is 1.84. The van der Waals surface area contributed by atoms with Crippen molar-refractivity contribution in [2.75, 3.05) is 0 Å². The molecule has 0 aliphatic heterocycles. The van der Waals surface area contributed by atoms with Crippen molar-refractivity contribution in [3.8, 4) is 0 Å². The van der Waals surface area contributed by atoms with Crippen molar-refractivity contribution in [3.63, 3.8) is 0 Å². The molecule has 1 aromatic carbocycles. The Balaban J connectivity index is 1.85. The van der Waals surface area contributed by atoms with Gasteiger partial charge in [0.05, 0.1) is 0 Å². The van der Waals surface area contributed by atoms with Gasteiger partial charge in [-0.15, -0.1) is 11.3 Å². The maximum absolute atomic E-state index is 11.2. The first-order valence-corrected chi connectivity index (χ1v) is 7.73. The van der Waals surface area contributed by atoms with Crippen LogP contribution in [0.5, 0.6) is 0 Å². The fraction of sp³-hybridized carbons (Fsp3) is 0.143. The van der Waals surface area contributed by atoms with Crippen molar-refractivity contribution in [1.82, 2.24) is 9.38 Å². The predicted molar refractivity (Wildman–Crippen MR) is 79.2 cm³/mol. The minimum absolute atomic E-state index is 0.647. The molecule has 0 aliphatic carbocycles. The number of nitrogens with zero attached hydrogens (tertiary/aromatic N) is 2. The zero-order chi connectivity index (χ0) is 13.2. The number of hydrogen-bond acceptors (Lipinski definition) is 4. The molecule has 3 aromatic rings. The van der Waals surface area contributed by atoms with E-state index in [2.05, 4.69) is 36.2 Å². The lowest BCUT2D eigenvalue weighted by molar-refractivity contribution is 0.111. The lowest BCUT2D eigenvalue weighted by Gasteiger charge is -2.01. The molecule has 0 fully saturated rings. The van der Waals surface area contributed by atoms with Crippen molar-refractivity contribution in [2.45, 2.75) is 17.7 Å². The fourth-order valence-corrected chi connectivity index (χ4v) is 3.66. The lowest BCUT2D eigenvalue weighted by atomic mass is 10.2. The number of imidazole rings is 1. The van der Waals surface area contributed by atoms with E-state index in [1.165, 1.54) is 11.1 Å². The summed E-state index contributed by atoms with van der Waals surface area (Å²) in [4.78, 5) is 16.6. The van der Waals surface area contributed by atoms with Crippen LogP contribution in [0.1, 0.15) is 21.6 Å². The number of aryl methyl sites for hydroxylation is 1. The summed E-state index contributed by atoms with van der Waals surface area (Å²) in [6.07, 6.45) is 2.76. The summed E-state index contributed by atoms with van der Waals surface area (Å²) in [6, 6.07) is 8.39. The maximum atomic E-state index is 11.2. The number of thiazole rings is 1. The first kappa shape index (κ1) is 12.4. The van der Waals surface area contributed by atoms with E-state index >= 15 is 0 Å². The van der Waals surface area contributed by atoms with Gasteiger partial charge in [-0.05, 0) is 12.5 Å². The Morgan fingerprint density at radius 1 is 1.47 bits per heavy atom. The molecule has 0 aliphatic rings. The zero-order valence-electron chi connectivity index (χ0n) is 10.4. The number of hydrogen-bond donors (Lipinski definition) is 0. The van der Waals surface area contributed by atoms with Gasteiger partial charge in [0.15, 0.2) is 11.2 Å². The van der Waals surface area contributed by atoms with Gasteiger partial charge in [0.1, 0.15) is 10.7 Å². The van der Waals surface area contributed by atoms with E-state index < -0.39 is 0 Å². The zero-order valence-corrected chi connectivity index (χ0v) is 12.0. The Bertz CT molecular complexity index is 730. The molecule has 2 aromatic heterocycles. The summed E-state index contributed by atoms with van der Waals surface area (Å²) in [5, 5.41) is 2.74. The van der Waals surface area contributed by atoms with Crippen LogP contribution >= 0.6 is 23.1 Å². The molecular weight excluding hydrogens is 276 g/mol. The van der Waals surface area contributed by atoms with Gasteiger partial charge in [-0.1, -0.05) is 41.6 Å². The molecule has 3 rings (SSSR count). The van der Waals surface area contributed by atoms with E-state index in [9.17, 15) is 4.79 Å². The quantitative estimate of drug-likeness (QED) is 0.541. The molecule has 3 nitrogen and oxygen atoms in total. The van der Waals surface area contributed by atoms with E-state index in [1.807, 2.05) is 16.0 Å². The topological polar surface area (TPSA) is 34.4 Å². The molecule has 5 heteroatoms. The summed E-state index contributed by atoms with van der Waals surface area (Å²) in [6.45, 7) is 2.08. The molecular formula is C14H12N2OS2. The van der Waals surface area contributed by atoms with Crippen LogP contribution in [0, 0.1) is 6.92 Å². The van der Waals surface area contributed by atoms with Crippen LogP contribution in [0.4, 0.5) is 0 Å². The second-order valence-corrected chi connectivity index (χ2v) is 6.09. The third-order valence-corrected chi connectivity index (χ3v) is 4.64. The first-order valence-electron chi connectivity index (χ1n) is 5.87. The van der Waals surface area contributed by atoms with Gasteiger partial charge >= 0.3 is 0 Å². The maximum Gasteiger partial charge on any atom is 0.195 e. The summed E-state index contributed by atoms with van der Waals surface area (Å²) in [5.41, 5.74) is 3.15. The predicted octanol–water partition coefficient (Wildman–Crippen LogP) is 3.81. The molecule has 0 saturated carbocycles. The van der Waals surface area contributed by atoms with Crippen LogP contribution in [0.25, 0.3) is 4.96 Å². The summed E-state index contributed by atoms with van der Waals surface area (Å²) >= 11 is 3.15. The van der Waals surface area contributed by atoms with Gasteiger partial charge in [0, 0.05) is 17.3 Å². The van der Waals surface area contributed by atoms with E-state index in [-0.39, 0.29) is 0 Å². The van der Waals surface area contributed by atoms with Crippen LogP contribution < -0.4 is 0 Å². The van der Waals surface area contributed by atoms with Crippen LogP contribution in [-0.2, 0) is 5.75 Å². The molecule has 0 saturated heterocycles. The van der Waals surface area contributed by atoms with Crippen LogP contribution in [0.2, 0.25) is 0 Å². The van der Waals surface area contributed by atoms with Gasteiger partial charge in [0.2, 0.25) is 0 Å². The Labute approximate surface area is 119 Å². The molecule has 0 atom stereocenters. The van der Waals surface area contributed by atoms with Gasteiger partial charge in [0.25, 0.3) is 0 Å². The highest BCUT2D eigenvalue weighted by Crippen LogP contribution is 2.27. The molecule has 0 bridgehead atoms. The normalized spacial score (nSPS) is 11.0. The minimum Gasteiger partial charge on any atom is -0.296 e. The number of aromatic nitrogens is 2. The van der Waals surface area contributed by atoms with Crippen molar-refractivity contribution in [2.24, 2.45) is 0 Å². The molecule has 0 N–H and O–H groups in total. The van der Waals surface area contributed by atoms with E-state index in [0.717, 1.165) is 22.0 Å². The molecule has 0 radical (unpaired) electrons. The molecule has 96 valence electrons. The smallest absolute Gasteiger partial charge is 0.195 e.